The number of nitrogens with two attached hydrogens (primary N) is 1. The van der Waals surface area contributed by atoms with Crippen LogP contribution in [0.1, 0.15) is 37.0 Å². The maximum atomic E-state index is 11.6. The highest BCUT2D eigenvalue weighted by molar-refractivity contribution is 5.95. The van der Waals surface area contributed by atoms with Gasteiger partial charge in [-0.2, -0.15) is 5.10 Å². The maximum Gasteiger partial charge on any atom is 0.166 e. The summed E-state index contributed by atoms with van der Waals surface area (Å²) in [5, 5.41) is 4.05. The van der Waals surface area contributed by atoms with E-state index in [1.807, 2.05) is 13.8 Å². The Hall–Kier alpha value is -1.16. The van der Waals surface area contributed by atoms with E-state index in [2.05, 4.69) is 5.10 Å². The van der Waals surface area contributed by atoms with Crippen molar-refractivity contribution in [3.05, 3.63) is 18.0 Å². The molecule has 1 aromatic rings. The molecule has 0 saturated carbocycles. The van der Waals surface area contributed by atoms with Gasteiger partial charge >= 0.3 is 0 Å². The molecule has 1 aromatic heterocycles. The van der Waals surface area contributed by atoms with Crippen molar-refractivity contribution in [2.45, 2.75) is 39.3 Å². The maximum absolute atomic E-state index is 11.6. The van der Waals surface area contributed by atoms with Crippen molar-refractivity contribution in [2.75, 3.05) is 0 Å². The van der Waals surface area contributed by atoms with Gasteiger partial charge in [-0.05, 0) is 20.3 Å². The van der Waals surface area contributed by atoms with E-state index < -0.39 is 0 Å². The third kappa shape index (κ3) is 2.96. The molecule has 0 aliphatic rings. The molecule has 78 valence electrons. The fourth-order valence-electron chi connectivity index (χ4n) is 1.18. The summed E-state index contributed by atoms with van der Waals surface area (Å²) in [5.41, 5.74) is 6.26. The molecule has 0 amide bonds. The number of Topliss-reactive ketones (excluding diaryl/α,β-unsaturated/α-hetero) is 1. The molecule has 1 heterocycles. The number of carbonyl (C=O) groups excluding carboxylic acids is 1. The monoisotopic (exact) mass is 195 g/mol. The van der Waals surface area contributed by atoms with E-state index in [0.717, 1.165) is 13.0 Å². The molecule has 0 saturated heterocycles. The van der Waals surface area contributed by atoms with Gasteiger partial charge in [-0.15, -0.1) is 0 Å². The first-order valence-electron chi connectivity index (χ1n) is 4.94. The average Bonchev–Trinajstić information content (AvgIpc) is 2.62. The predicted octanol–water partition coefficient (Wildman–Crippen LogP) is 1.21. The third-order valence-corrected chi connectivity index (χ3v) is 2.11. The van der Waals surface area contributed by atoms with Gasteiger partial charge in [0, 0.05) is 25.2 Å². The molecule has 0 aliphatic carbocycles. The Labute approximate surface area is 84.1 Å². The van der Waals surface area contributed by atoms with E-state index in [9.17, 15) is 4.79 Å². The van der Waals surface area contributed by atoms with Crippen molar-refractivity contribution < 1.29 is 4.79 Å². The lowest BCUT2D eigenvalue weighted by molar-refractivity contribution is 0.0978. The van der Waals surface area contributed by atoms with Crippen molar-refractivity contribution in [1.29, 1.82) is 0 Å². The van der Waals surface area contributed by atoms with Crippen LogP contribution in [-0.2, 0) is 6.54 Å². The molecule has 0 aromatic carbocycles. The van der Waals surface area contributed by atoms with Gasteiger partial charge in [-0.3, -0.25) is 9.48 Å². The van der Waals surface area contributed by atoms with Crippen LogP contribution in [0.5, 0.6) is 0 Å². The molecule has 4 heteroatoms. The Kier molecular flexibility index (Phi) is 3.83. The van der Waals surface area contributed by atoms with Gasteiger partial charge in [0.1, 0.15) is 0 Å². The number of nitrogens with zero attached hydrogens (tertiary/aromatic N) is 2. The lowest BCUT2D eigenvalue weighted by Crippen LogP contribution is -2.16. The van der Waals surface area contributed by atoms with Gasteiger partial charge in [-0.25, -0.2) is 0 Å². The van der Waals surface area contributed by atoms with Crippen molar-refractivity contribution >= 4 is 5.78 Å². The van der Waals surface area contributed by atoms with Crippen LogP contribution in [0.15, 0.2) is 12.4 Å². The highest BCUT2D eigenvalue weighted by Crippen LogP contribution is 2.05. The molecule has 0 aliphatic heterocycles. The number of hydrogen-bond acceptors (Lipinski definition) is 3. The lowest BCUT2D eigenvalue weighted by atomic mass is 10.1. The number of ketones is 1. The summed E-state index contributed by atoms with van der Waals surface area (Å²) in [5.74, 6) is 0.127. The first-order chi connectivity index (χ1) is 6.63. The molecule has 14 heavy (non-hydrogen) atoms. The second-order valence-corrected chi connectivity index (χ2v) is 3.52. The first-order valence-corrected chi connectivity index (χ1v) is 4.94. The first kappa shape index (κ1) is 10.9. The van der Waals surface area contributed by atoms with Crippen LogP contribution < -0.4 is 5.73 Å². The Balaban J connectivity index is 2.52. The van der Waals surface area contributed by atoms with E-state index >= 15 is 0 Å². The van der Waals surface area contributed by atoms with Gasteiger partial charge < -0.3 is 5.73 Å². The minimum Gasteiger partial charge on any atom is -0.328 e. The minimum absolute atomic E-state index is 0.0835. The molecule has 0 spiro atoms. The Bertz CT molecular complexity index is 304. The van der Waals surface area contributed by atoms with Gasteiger partial charge in [0.05, 0.1) is 11.8 Å². The molecular weight excluding hydrogens is 178 g/mol. The standard InChI is InChI=1S/C10H17N3O/c1-3-13-7-9(6-12-13)10(14)5-4-8(2)11/h6-8H,3-5,11H2,1-2H3. The molecule has 0 fully saturated rings. The van der Waals surface area contributed by atoms with E-state index in [1.54, 1.807) is 17.1 Å². The largest absolute Gasteiger partial charge is 0.328 e. The van der Waals surface area contributed by atoms with Gasteiger partial charge in [0.2, 0.25) is 0 Å². The Morgan fingerprint density at radius 3 is 2.93 bits per heavy atom. The Morgan fingerprint density at radius 1 is 1.71 bits per heavy atom. The van der Waals surface area contributed by atoms with Gasteiger partial charge in [0.15, 0.2) is 5.78 Å². The zero-order chi connectivity index (χ0) is 10.6. The quantitative estimate of drug-likeness (QED) is 0.718. The van der Waals surface area contributed by atoms with Crippen LogP contribution in [-0.4, -0.2) is 21.6 Å². The van der Waals surface area contributed by atoms with Gasteiger partial charge in [-0.1, -0.05) is 0 Å². The highest BCUT2D eigenvalue weighted by Gasteiger charge is 2.08. The molecule has 1 unspecified atom stereocenters. The fraction of sp³-hybridized carbons (Fsp3) is 0.600. The van der Waals surface area contributed by atoms with Crippen LogP contribution in [0, 0.1) is 0 Å². The second kappa shape index (κ2) is 4.91. The normalized spacial score (nSPS) is 12.8. The molecule has 2 N–H and O–H groups in total. The lowest BCUT2D eigenvalue weighted by Gasteiger charge is -2.01. The van der Waals surface area contributed by atoms with Crippen molar-refractivity contribution in [2.24, 2.45) is 5.73 Å². The molecule has 1 rings (SSSR count). The SMILES string of the molecule is CCn1cc(C(=O)CCC(C)N)cn1. The smallest absolute Gasteiger partial charge is 0.166 e. The van der Waals surface area contributed by atoms with E-state index in [0.29, 0.717) is 12.0 Å². The van der Waals surface area contributed by atoms with Gasteiger partial charge in [0.25, 0.3) is 0 Å². The van der Waals surface area contributed by atoms with Crippen molar-refractivity contribution in [3.63, 3.8) is 0 Å². The second-order valence-electron chi connectivity index (χ2n) is 3.52. The topological polar surface area (TPSA) is 60.9 Å². The van der Waals surface area contributed by atoms with Crippen molar-refractivity contribution in [1.82, 2.24) is 9.78 Å². The average molecular weight is 195 g/mol. The number of carbonyl (C=O) groups is 1. The summed E-state index contributed by atoms with van der Waals surface area (Å²) in [4.78, 5) is 11.6. The van der Waals surface area contributed by atoms with Crippen LogP contribution in [0.25, 0.3) is 0 Å². The summed E-state index contributed by atoms with van der Waals surface area (Å²) in [6.07, 6.45) is 4.64. The third-order valence-electron chi connectivity index (χ3n) is 2.11. The predicted molar refractivity (Wildman–Crippen MR) is 55.1 cm³/mol. The van der Waals surface area contributed by atoms with Crippen LogP contribution >= 0.6 is 0 Å². The molecule has 4 nitrogen and oxygen atoms in total. The molecule has 0 bridgehead atoms. The number of rotatable bonds is 5. The number of hydrogen-bond donors (Lipinski definition) is 1. The van der Waals surface area contributed by atoms with Crippen LogP contribution in [0.2, 0.25) is 0 Å². The van der Waals surface area contributed by atoms with E-state index in [4.69, 9.17) is 5.73 Å². The molecule has 0 radical (unpaired) electrons. The molecule has 1 atom stereocenters. The fourth-order valence-corrected chi connectivity index (χ4v) is 1.18. The highest BCUT2D eigenvalue weighted by atomic mass is 16.1. The number of aromatic nitrogens is 2. The summed E-state index contributed by atoms with van der Waals surface area (Å²) in [6.45, 7) is 4.69. The molecular formula is C10H17N3O. The number of aryl methyl sites for hydroxylation is 1. The Morgan fingerprint density at radius 2 is 2.43 bits per heavy atom. The van der Waals surface area contributed by atoms with Crippen molar-refractivity contribution in [3.8, 4) is 0 Å². The zero-order valence-electron chi connectivity index (χ0n) is 8.73. The summed E-state index contributed by atoms with van der Waals surface area (Å²) >= 11 is 0. The van der Waals surface area contributed by atoms with E-state index in [1.165, 1.54) is 0 Å². The van der Waals surface area contributed by atoms with E-state index in [-0.39, 0.29) is 11.8 Å². The summed E-state index contributed by atoms with van der Waals surface area (Å²) < 4.78 is 1.75. The minimum atomic E-state index is 0.0835. The van der Waals surface area contributed by atoms with Crippen LogP contribution in [0.4, 0.5) is 0 Å². The zero-order valence-corrected chi connectivity index (χ0v) is 8.73. The summed E-state index contributed by atoms with van der Waals surface area (Å²) in [6, 6.07) is 0.0835. The summed E-state index contributed by atoms with van der Waals surface area (Å²) in [7, 11) is 0. The van der Waals surface area contributed by atoms with Crippen LogP contribution in [0.3, 0.4) is 0 Å².